The van der Waals surface area contributed by atoms with E-state index in [1.165, 1.54) is 0 Å². The Hall–Kier alpha value is -4.79. The monoisotopic (exact) mass is 425 g/mol. The number of amides is 3. The Labute approximate surface area is 180 Å². The third kappa shape index (κ3) is 2.83. The number of hydrogen-bond donors (Lipinski definition) is 3. The van der Waals surface area contributed by atoms with Crippen LogP contribution in [0.3, 0.4) is 0 Å². The second-order valence-corrected chi connectivity index (χ2v) is 7.26. The van der Waals surface area contributed by atoms with Crippen molar-refractivity contribution in [2.24, 2.45) is 5.73 Å². The van der Waals surface area contributed by atoms with Gasteiger partial charge in [0.15, 0.2) is 0 Å². The molecule has 2 aromatic carbocycles. The van der Waals surface area contributed by atoms with Crippen LogP contribution in [0.4, 0.5) is 5.82 Å². The molecule has 0 aliphatic carbocycles. The first-order valence-electron chi connectivity index (χ1n) is 9.57. The summed E-state index contributed by atoms with van der Waals surface area (Å²) in [5.74, 6) is -1.98. The van der Waals surface area contributed by atoms with Crippen molar-refractivity contribution in [1.29, 1.82) is 0 Å². The molecule has 0 unspecified atom stereocenters. The summed E-state index contributed by atoms with van der Waals surface area (Å²) in [5, 5.41) is 2.79. The van der Waals surface area contributed by atoms with E-state index in [2.05, 4.69) is 10.3 Å². The molecule has 1 aliphatic heterocycles. The number of hydrogen-bond acceptors (Lipinski definition) is 6. The number of pyridine rings is 2. The highest BCUT2D eigenvalue weighted by Gasteiger charge is 2.31. The lowest BCUT2D eigenvalue weighted by molar-refractivity contribution is 0.0878. The summed E-state index contributed by atoms with van der Waals surface area (Å²) in [6, 6.07) is 16.6. The van der Waals surface area contributed by atoms with Crippen molar-refractivity contribution in [3.05, 3.63) is 87.7 Å². The number of carbonyl (C=O) groups excluding carboxylic acids is 3. The number of fused-ring (bicyclic) bond motifs is 2. The van der Waals surface area contributed by atoms with Crippen LogP contribution >= 0.6 is 0 Å². The summed E-state index contributed by atoms with van der Waals surface area (Å²) in [5.41, 5.74) is 13.6. The van der Waals surface area contributed by atoms with Crippen molar-refractivity contribution >= 4 is 34.4 Å². The van der Waals surface area contributed by atoms with E-state index >= 15 is 0 Å². The number of primary amides is 1. The van der Waals surface area contributed by atoms with Gasteiger partial charge in [-0.2, -0.15) is 0 Å². The molecular formula is C23H15N5O4. The number of rotatable bonds is 3. The van der Waals surface area contributed by atoms with E-state index in [4.69, 9.17) is 11.5 Å². The minimum absolute atomic E-state index is 0.0269. The Morgan fingerprint density at radius 1 is 0.938 bits per heavy atom. The van der Waals surface area contributed by atoms with Gasteiger partial charge in [-0.05, 0) is 24.3 Å². The number of nitrogens with zero attached hydrogens (tertiary/aromatic N) is 2. The first-order valence-corrected chi connectivity index (χ1v) is 9.57. The summed E-state index contributed by atoms with van der Waals surface area (Å²) < 4.78 is 1.16. The molecule has 2 aromatic heterocycles. The molecule has 0 radical (unpaired) electrons. The molecule has 0 fully saturated rings. The fourth-order valence-electron chi connectivity index (χ4n) is 3.85. The minimum Gasteiger partial charge on any atom is -0.384 e. The molecule has 4 aromatic rings. The first kappa shape index (κ1) is 19.2. The van der Waals surface area contributed by atoms with E-state index in [1.807, 2.05) is 6.07 Å². The zero-order valence-electron chi connectivity index (χ0n) is 16.5. The molecule has 3 amide bonds. The van der Waals surface area contributed by atoms with Crippen molar-refractivity contribution in [3.8, 4) is 16.9 Å². The van der Waals surface area contributed by atoms with Gasteiger partial charge in [0, 0.05) is 17.0 Å². The molecular weight excluding hydrogens is 410 g/mol. The number of anilines is 1. The van der Waals surface area contributed by atoms with E-state index in [-0.39, 0.29) is 16.9 Å². The Morgan fingerprint density at radius 3 is 2.38 bits per heavy atom. The lowest BCUT2D eigenvalue weighted by atomic mass is 10.0. The van der Waals surface area contributed by atoms with Gasteiger partial charge in [0.05, 0.1) is 33.6 Å². The van der Waals surface area contributed by atoms with Gasteiger partial charge < -0.3 is 11.5 Å². The molecule has 0 saturated heterocycles. The molecule has 3 heterocycles. The summed E-state index contributed by atoms with van der Waals surface area (Å²) in [7, 11) is 0. The van der Waals surface area contributed by atoms with Gasteiger partial charge in [0.2, 0.25) is 5.91 Å². The maximum atomic E-state index is 12.6. The van der Waals surface area contributed by atoms with Crippen molar-refractivity contribution in [2.75, 3.05) is 5.73 Å². The van der Waals surface area contributed by atoms with Gasteiger partial charge in [0.25, 0.3) is 17.4 Å². The highest BCUT2D eigenvalue weighted by Crippen LogP contribution is 2.27. The summed E-state index contributed by atoms with van der Waals surface area (Å²) >= 11 is 0. The molecule has 32 heavy (non-hydrogen) atoms. The predicted molar refractivity (Wildman–Crippen MR) is 118 cm³/mol. The number of para-hydroxylation sites is 1. The van der Waals surface area contributed by atoms with E-state index in [9.17, 15) is 19.2 Å². The van der Waals surface area contributed by atoms with E-state index in [0.29, 0.717) is 33.4 Å². The van der Waals surface area contributed by atoms with Crippen LogP contribution in [0.2, 0.25) is 0 Å². The third-order valence-electron chi connectivity index (χ3n) is 5.36. The maximum absolute atomic E-state index is 12.6. The first-order chi connectivity index (χ1) is 15.3. The van der Waals surface area contributed by atoms with Crippen LogP contribution in [0.5, 0.6) is 0 Å². The SMILES string of the molecule is NC(=O)c1cc(-c2ccc(-n3c(N)c4c(cc3=O)C(=O)NC4=O)cc2)nc2ccccc12. The van der Waals surface area contributed by atoms with Crippen molar-refractivity contribution < 1.29 is 14.4 Å². The third-order valence-corrected chi connectivity index (χ3v) is 5.36. The van der Waals surface area contributed by atoms with Crippen LogP contribution in [-0.4, -0.2) is 27.3 Å². The summed E-state index contributed by atoms with van der Waals surface area (Å²) in [4.78, 5) is 53.0. The van der Waals surface area contributed by atoms with Crippen LogP contribution < -0.4 is 22.3 Å². The highest BCUT2D eigenvalue weighted by molar-refractivity contribution is 6.23. The van der Waals surface area contributed by atoms with Gasteiger partial charge in [-0.1, -0.05) is 30.3 Å². The van der Waals surface area contributed by atoms with E-state index in [0.717, 1.165) is 10.6 Å². The second-order valence-electron chi connectivity index (χ2n) is 7.26. The number of nitrogens with two attached hydrogens (primary N) is 2. The number of benzene rings is 2. The quantitative estimate of drug-likeness (QED) is 0.425. The van der Waals surface area contributed by atoms with Crippen molar-refractivity contribution in [2.45, 2.75) is 0 Å². The molecule has 9 nitrogen and oxygen atoms in total. The van der Waals surface area contributed by atoms with E-state index in [1.54, 1.807) is 48.5 Å². The van der Waals surface area contributed by atoms with Gasteiger partial charge in [-0.3, -0.25) is 29.1 Å². The molecule has 0 spiro atoms. The maximum Gasteiger partial charge on any atom is 0.262 e. The fourth-order valence-corrected chi connectivity index (χ4v) is 3.85. The Morgan fingerprint density at radius 2 is 1.66 bits per heavy atom. The second kappa shape index (κ2) is 6.88. The van der Waals surface area contributed by atoms with Crippen LogP contribution in [-0.2, 0) is 0 Å². The molecule has 1 aliphatic rings. The van der Waals surface area contributed by atoms with E-state index < -0.39 is 23.3 Å². The minimum atomic E-state index is -0.649. The van der Waals surface area contributed by atoms with Gasteiger partial charge in [0.1, 0.15) is 5.82 Å². The van der Waals surface area contributed by atoms with Gasteiger partial charge in [-0.25, -0.2) is 4.98 Å². The number of nitrogen functional groups attached to an aromatic ring is 1. The zero-order chi connectivity index (χ0) is 22.6. The summed E-state index contributed by atoms with van der Waals surface area (Å²) in [6.07, 6.45) is 0. The Bertz CT molecular complexity index is 1540. The van der Waals surface area contributed by atoms with Crippen molar-refractivity contribution in [3.63, 3.8) is 0 Å². The molecule has 5 N–H and O–H groups in total. The molecule has 5 rings (SSSR count). The average Bonchev–Trinajstić information content (AvgIpc) is 3.06. The smallest absolute Gasteiger partial charge is 0.262 e. The number of nitrogens with one attached hydrogen (secondary N) is 1. The average molecular weight is 425 g/mol. The van der Waals surface area contributed by atoms with Crippen LogP contribution in [0.1, 0.15) is 31.1 Å². The fraction of sp³-hybridized carbons (Fsp3) is 0. The number of imide groups is 1. The molecule has 0 bridgehead atoms. The van der Waals surface area contributed by atoms with Crippen LogP contribution in [0, 0.1) is 0 Å². The predicted octanol–water partition coefficient (Wildman–Crippen LogP) is 1.62. The molecule has 9 heteroatoms. The lowest BCUT2D eigenvalue weighted by Gasteiger charge is -2.13. The Balaban J connectivity index is 1.62. The molecule has 0 atom stereocenters. The lowest BCUT2D eigenvalue weighted by Crippen LogP contribution is -2.24. The van der Waals surface area contributed by atoms with Crippen LogP contribution in [0.15, 0.2) is 65.5 Å². The normalized spacial score (nSPS) is 12.6. The zero-order valence-corrected chi connectivity index (χ0v) is 16.5. The van der Waals surface area contributed by atoms with Gasteiger partial charge >= 0.3 is 0 Å². The number of carbonyl (C=O) groups is 3. The topological polar surface area (TPSA) is 150 Å². The van der Waals surface area contributed by atoms with Gasteiger partial charge in [-0.15, -0.1) is 0 Å². The number of aromatic nitrogens is 2. The molecule has 156 valence electrons. The van der Waals surface area contributed by atoms with Crippen LogP contribution in [0.25, 0.3) is 27.8 Å². The molecule has 0 saturated carbocycles. The summed E-state index contributed by atoms with van der Waals surface area (Å²) in [6.45, 7) is 0. The van der Waals surface area contributed by atoms with Crippen molar-refractivity contribution in [1.82, 2.24) is 14.9 Å². The highest BCUT2D eigenvalue weighted by atomic mass is 16.2. The Kier molecular flexibility index (Phi) is 4.13. The standard InChI is InChI=1S/C23H15N5O4/c24-20-19-15(22(31)27-23(19)32)10-18(29)28(20)12-7-5-11(6-8-12)17-9-14(21(25)30)13-3-1-2-4-16(13)26-17/h1-10H,24H2,(H2,25,30)(H,27,31,32). The largest absolute Gasteiger partial charge is 0.384 e.